The van der Waals surface area contributed by atoms with Crippen LogP contribution < -0.4 is 5.32 Å². The van der Waals surface area contributed by atoms with E-state index in [-0.39, 0.29) is 18.6 Å². The predicted octanol–water partition coefficient (Wildman–Crippen LogP) is 0.891. The van der Waals surface area contributed by atoms with Gasteiger partial charge in [-0.05, 0) is 12.8 Å². The molecule has 0 bridgehead atoms. The molecule has 0 heterocycles. The maximum atomic E-state index is 13.3. The Hall–Kier alpha value is -0.740. The van der Waals surface area contributed by atoms with E-state index < -0.39 is 6.17 Å². The van der Waals surface area contributed by atoms with Crippen molar-refractivity contribution in [3.8, 4) is 0 Å². The summed E-state index contributed by atoms with van der Waals surface area (Å²) in [6, 6.07) is -0.158. The van der Waals surface area contributed by atoms with Gasteiger partial charge in [-0.1, -0.05) is 12.2 Å². The van der Waals surface area contributed by atoms with Gasteiger partial charge in [0, 0.05) is 24.7 Å². The lowest BCUT2D eigenvalue weighted by Crippen LogP contribution is -2.41. The van der Waals surface area contributed by atoms with Gasteiger partial charge in [-0.3, -0.25) is 0 Å². The number of nitrogens with one attached hydrogen (secondary N) is 2. The Labute approximate surface area is 83.5 Å². The van der Waals surface area contributed by atoms with Crippen molar-refractivity contribution in [3.05, 3.63) is 12.2 Å². The molecule has 0 aromatic heterocycles. The van der Waals surface area contributed by atoms with Gasteiger partial charge in [-0.2, -0.15) is 0 Å². The zero-order valence-corrected chi connectivity index (χ0v) is 8.12. The summed E-state index contributed by atoms with van der Waals surface area (Å²) in [7, 11) is 0. The lowest BCUT2D eigenvalue weighted by Gasteiger charge is -2.24. The molecular formula is C10H17FN2O. The van der Waals surface area contributed by atoms with Crippen LogP contribution in [0.25, 0.3) is 0 Å². The van der Waals surface area contributed by atoms with Crippen molar-refractivity contribution in [2.45, 2.75) is 25.1 Å². The minimum Gasteiger partial charge on any atom is -0.396 e. The van der Waals surface area contributed by atoms with Crippen molar-refractivity contribution in [2.75, 3.05) is 13.2 Å². The lowest BCUT2D eigenvalue weighted by molar-refractivity contribution is 0.220. The summed E-state index contributed by atoms with van der Waals surface area (Å²) in [4.78, 5) is 0. The van der Waals surface area contributed by atoms with Gasteiger partial charge in [0.1, 0.15) is 6.17 Å². The molecule has 0 aromatic carbocycles. The molecule has 1 aliphatic rings. The highest BCUT2D eigenvalue weighted by Gasteiger charge is 2.21. The van der Waals surface area contributed by atoms with Crippen LogP contribution in [0.3, 0.4) is 0 Å². The number of aliphatic hydroxyl groups is 1. The molecule has 0 fully saturated rings. The van der Waals surface area contributed by atoms with Gasteiger partial charge < -0.3 is 15.8 Å². The van der Waals surface area contributed by atoms with E-state index in [1.165, 1.54) is 6.21 Å². The zero-order chi connectivity index (χ0) is 10.4. The third kappa shape index (κ3) is 3.20. The first-order chi connectivity index (χ1) is 6.77. The summed E-state index contributed by atoms with van der Waals surface area (Å²) in [6.45, 7) is 0.412. The lowest BCUT2D eigenvalue weighted by atomic mass is 9.99. The van der Waals surface area contributed by atoms with E-state index >= 15 is 0 Å². The van der Waals surface area contributed by atoms with Crippen molar-refractivity contribution in [1.29, 1.82) is 5.41 Å². The zero-order valence-electron chi connectivity index (χ0n) is 8.12. The van der Waals surface area contributed by atoms with E-state index in [4.69, 9.17) is 10.5 Å². The molecule has 1 rings (SSSR count). The third-order valence-electron chi connectivity index (χ3n) is 2.47. The van der Waals surface area contributed by atoms with Gasteiger partial charge in [0.05, 0.1) is 6.61 Å². The second kappa shape index (κ2) is 5.88. The van der Waals surface area contributed by atoms with Gasteiger partial charge in [0.15, 0.2) is 0 Å². The van der Waals surface area contributed by atoms with Crippen LogP contribution in [0.4, 0.5) is 4.39 Å². The second-order valence-corrected chi connectivity index (χ2v) is 3.58. The average Bonchev–Trinajstić information content (AvgIpc) is 2.22. The Morgan fingerprint density at radius 1 is 1.57 bits per heavy atom. The predicted molar refractivity (Wildman–Crippen MR) is 54.4 cm³/mol. The molecule has 0 aromatic rings. The number of rotatable bonds is 5. The highest BCUT2D eigenvalue weighted by Crippen LogP contribution is 2.15. The SMILES string of the molecule is N=CC(CO)CNC1CC=CCC1F. The number of hydrogen-bond acceptors (Lipinski definition) is 3. The molecule has 80 valence electrons. The van der Waals surface area contributed by atoms with Gasteiger partial charge in [0.2, 0.25) is 0 Å². The number of alkyl halides is 1. The minimum atomic E-state index is -0.843. The summed E-state index contributed by atoms with van der Waals surface area (Å²) in [6.07, 6.45) is 5.32. The van der Waals surface area contributed by atoms with Gasteiger partial charge in [0.25, 0.3) is 0 Å². The molecule has 3 unspecified atom stereocenters. The fourth-order valence-electron chi connectivity index (χ4n) is 1.47. The van der Waals surface area contributed by atoms with E-state index in [1.807, 2.05) is 12.2 Å². The van der Waals surface area contributed by atoms with Crippen molar-refractivity contribution in [3.63, 3.8) is 0 Å². The maximum Gasteiger partial charge on any atom is 0.119 e. The molecule has 0 saturated carbocycles. The van der Waals surface area contributed by atoms with Gasteiger partial charge in [-0.15, -0.1) is 0 Å². The highest BCUT2D eigenvalue weighted by atomic mass is 19.1. The van der Waals surface area contributed by atoms with Crippen molar-refractivity contribution < 1.29 is 9.50 Å². The smallest absolute Gasteiger partial charge is 0.119 e. The molecule has 0 aliphatic heterocycles. The summed E-state index contributed by atoms with van der Waals surface area (Å²) in [5.74, 6) is -0.201. The summed E-state index contributed by atoms with van der Waals surface area (Å²) in [5.41, 5.74) is 0. The average molecular weight is 200 g/mol. The van der Waals surface area contributed by atoms with Gasteiger partial charge >= 0.3 is 0 Å². The summed E-state index contributed by atoms with van der Waals surface area (Å²) in [5, 5.41) is 18.9. The quantitative estimate of drug-likeness (QED) is 0.456. The number of aliphatic hydroxyl groups excluding tert-OH is 1. The van der Waals surface area contributed by atoms with Crippen LogP contribution in [0.1, 0.15) is 12.8 Å². The molecule has 3 nitrogen and oxygen atoms in total. The van der Waals surface area contributed by atoms with E-state index in [1.54, 1.807) is 0 Å². The van der Waals surface area contributed by atoms with Crippen molar-refractivity contribution in [1.82, 2.24) is 5.32 Å². The largest absolute Gasteiger partial charge is 0.396 e. The first kappa shape index (κ1) is 11.3. The molecule has 0 amide bonds. The fourth-order valence-corrected chi connectivity index (χ4v) is 1.47. The second-order valence-electron chi connectivity index (χ2n) is 3.58. The van der Waals surface area contributed by atoms with Crippen LogP contribution in [0, 0.1) is 11.3 Å². The molecule has 14 heavy (non-hydrogen) atoms. The molecule has 3 atom stereocenters. The Balaban J connectivity index is 2.29. The normalized spacial score (nSPS) is 28.7. The monoisotopic (exact) mass is 200 g/mol. The molecule has 1 aliphatic carbocycles. The molecule has 0 radical (unpaired) electrons. The van der Waals surface area contributed by atoms with Crippen LogP contribution in [0.2, 0.25) is 0 Å². The Morgan fingerprint density at radius 3 is 2.86 bits per heavy atom. The summed E-state index contributed by atoms with van der Waals surface area (Å²) >= 11 is 0. The number of allylic oxidation sites excluding steroid dienone is 1. The topological polar surface area (TPSA) is 56.1 Å². The van der Waals surface area contributed by atoms with Crippen LogP contribution in [0.15, 0.2) is 12.2 Å². The Kier molecular flexibility index (Phi) is 4.76. The summed E-state index contributed by atoms with van der Waals surface area (Å²) < 4.78 is 13.3. The van der Waals surface area contributed by atoms with E-state index in [0.717, 1.165) is 0 Å². The molecular weight excluding hydrogens is 183 g/mol. The minimum absolute atomic E-state index is 0.0595. The van der Waals surface area contributed by atoms with E-state index in [0.29, 0.717) is 19.4 Å². The van der Waals surface area contributed by atoms with Crippen LogP contribution in [-0.2, 0) is 0 Å². The van der Waals surface area contributed by atoms with Crippen molar-refractivity contribution >= 4 is 6.21 Å². The first-order valence-corrected chi connectivity index (χ1v) is 4.91. The highest BCUT2D eigenvalue weighted by molar-refractivity contribution is 5.57. The Morgan fingerprint density at radius 2 is 2.29 bits per heavy atom. The fraction of sp³-hybridized carbons (Fsp3) is 0.700. The van der Waals surface area contributed by atoms with Crippen LogP contribution in [0.5, 0.6) is 0 Å². The molecule has 0 spiro atoms. The van der Waals surface area contributed by atoms with Crippen LogP contribution in [-0.4, -0.2) is 36.7 Å². The van der Waals surface area contributed by atoms with E-state index in [9.17, 15) is 4.39 Å². The Bertz CT molecular complexity index is 208. The van der Waals surface area contributed by atoms with Crippen molar-refractivity contribution in [2.24, 2.45) is 5.92 Å². The van der Waals surface area contributed by atoms with E-state index in [2.05, 4.69) is 5.32 Å². The standard InChI is InChI=1S/C10H17FN2O/c11-9-3-1-2-4-10(9)13-6-8(5-12)7-14/h1-2,5,8-10,12-14H,3-4,6-7H2. The first-order valence-electron chi connectivity index (χ1n) is 4.91. The molecule has 4 heteroatoms. The molecule has 0 saturated heterocycles. The number of hydrogen-bond donors (Lipinski definition) is 3. The van der Waals surface area contributed by atoms with Crippen LogP contribution >= 0.6 is 0 Å². The molecule has 3 N–H and O–H groups in total. The third-order valence-corrected chi connectivity index (χ3v) is 2.47. The maximum absolute atomic E-state index is 13.3. The van der Waals surface area contributed by atoms with Gasteiger partial charge in [-0.25, -0.2) is 4.39 Å². The number of halogens is 1.